The lowest BCUT2D eigenvalue weighted by molar-refractivity contribution is 0.0213. The SMILES string of the molecule is Cc1c(CN(Cc2ccccc2)C(=O)OC(C)(C)C)nc2c(c1C)C(=O)C=CC2=O. The lowest BCUT2D eigenvalue weighted by Gasteiger charge is -2.28. The van der Waals surface area contributed by atoms with Crippen LogP contribution in [0.4, 0.5) is 4.79 Å². The van der Waals surface area contributed by atoms with Crippen molar-refractivity contribution < 1.29 is 19.1 Å². The van der Waals surface area contributed by atoms with Gasteiger partial charge in [-0.05, 0) is 63.5 Å². The topological polar surface area (TPSA) is 76.6 Å². The van der Waals surface area contributed by atoms with E-state index in [4.69, 9.17) is 4.74 Å². The van der Waals surface area contributed by atoms with Gasteiger partial charge in [-0.15, -0.1) is 0 Å². The minimum atomic E-state index is -0.645. The van der Waals surface area contributed by atoms with E-state index in [-0.39, 0.29) is 23.8 Å². The second kappa shape index (κ2) is 8.22. The number of aromatic nitrogens is 1. The highest BCUT2D eigenvalue weighted by Crippen LogP contribution is 2.25. The molecule has 1 aliphatic carbocycles. The number of nitrogens with zero attached hydrogens (tertiary/aromatic N) is 2. The minimum Gasteiger partial charge on any atom is -0.444 e. The number of carbonyl (C=O) groups excluding carboxylic acids is 3. The number of benzene rings is 1. The van der Waals surface area contributed by atoms with Crippen molar-refractivity contribution >= 4 is 17.7 Å². The smallest absolute Gasteiger partial charge is 0.410 e. The van der Waals surface area contributed by atoms with Crippen LogP contribution in [0, 0.1) is 13.8 Å². The van der Waals surface area contributed by atoms with Gasteiger partial charge in [-0.3, -0.25) is 14.5 Å². The van der Waals surface area contributed by atoms with E-state index < -0.39 is 11.7 Å². The number of allylic oxidation sites excluding steroid dienone is 2. The first-order chi connectivity index (χ1) is 14.1. The number of hydrogen-bond acceptors (Lipinski definition) is 5. The summed E-state index contributed by atoms with van der Waals surface area (Å²) in [5.74, 6) is -0.529. The van der Waals surface area contributed by atoms with Gasteiger partial charge >= 0.3 is 6.09 Å². The summed E-state index contributed by atoms with van der Waals surface area (Å²) in [5, 5.41) is 0. The summed E-state index contributed by atoms with van der Waals surface area (Å²) in [6.45, 7) is 9.59. The van der Waals surface area contributed by atoms with Crippen LogP contribution in [0.15, 0.2) is 42.5 Å². The number of ether oxygens (including phenoxy) is 1. The highest BCUT2D eigenvalue weighted by atomic mass is 16.6. The quantitative estimate of drug-likeness (QED) is 0.743. The Labute approximate surface area is 176 Å². The van der Waals surface area contributed by atoms with Crippen molar-refractivity contribution in [2.45, 2.75) is 53.3 Å². The number of rotatable bonds is 4. The summed E-state index contributed by atoms with van der Waals surface area (Å²) in [6.07, 6.45) is 2.05. The van der Waals surface area contributed by atoms with Crippen molar-refractivity contribution in [1.82, 2.24) is 9.88 Å². The third kappa shape index (κ3) is 4.64. The predicted molar refractivity (Wildman–Crippen MR) is 113 cm³/mol. The molecule has 6 heteroatoms. The van der Waals surface area contributed by atoms with Gasteiger partial charge in [0.1, 0.15) is 11.3 Å². The molecule has 1 aromatic carbocycles. The third-order valence-corrected chi connectivity index (χ3v) is 4.93. The van der Waals surface area contributed by atoms with Crippen molar-refractivity contribution in [3.8, 4) is 0 Å². The average molecular weight is 406 g/mol. The maximum Gasteiger partial charge on any atom is 0.410 e. The first-order valence-electron chi connectivity index (χ1n) is 9.85. The summed E-state index contributed by atoms with van der Waals surface area (Å²) >= 11 is 0. The number of carbonyl (C=O) groups is 3. The predicted octanol–water partition coefficient (Wildman–Crippen LogP) is 4.57. The summed E-state index contributed by atoms with van der Waals surface area (Å²) in [6, 6.07) is 9.60. The van der Waals surface area contributed by atoms with E-state index in [2.05, 4.69) is 4.98 Å². The van der Waals surface area contributed by atoms with E-state index in [0.717, 1.165) is 11.1 Å². The molecule has 1 heterocycles. The van der Waals surface area contributed by atoms with Crippen LogP contribution in [0.3, 0.4) is 0 Å². The fourth-order valence-corrected chi connectivity index (χ4v) is 3.30. The molecule has 30 heavy (non-hydrogen) atoms. The normalized spacial score (nSPS) is 13.2. The number of pyridine rings is 1. The summed E-state index contributed by atoms with van der Waals surface area (Å²) < 4.78 is 5.59. The Balaban J connectivity index is 1.99. The maximum absolute atomic E-state index is 12.9. The molecule has 0 unspecified atom stereocenters. The van der Waals surface area contributed by atoms with Crippen LogP contribution < -0.4 is 0 Å². The van der Waals surface area contributed by atoms with Crippen molar-refractivity contribution in [3.05, 3.63) is 76.1 Å². The summed E-state index contributed by atoms with van der Waals surface area (Å²) in [5.41, 5.74) is 2.86. The van der Waals surface area contributed by atoms with E-state index >= 15 is 0 Å². The Morgan fingerprint density at radius 3 is 2.23 bits per heavy atom. The molecule has 1 aromatic heterocycles. The zero-order chi connectivity index (χ0) is 22.1. The molecule has 2 aromatic rings. The Kier molecular flexibility index (Phi) is 5.87. The summed E-state index contributed by atoms with van der Waals surface area (Å²) in [4.78, 5) is 43.6. The first kappa shape index (κ1) is 21.4. The van der Waals surface area contributed by atoms with Crippen LogP contribution in [0.5, 0.6) is 0 Å². The number of amides is 1. The van der Waals surface area contributed by atoms with Crippen molar-refractivity contribution in [2.24, 2.45) is 0 Å². The first-order valence-corrected chi connectivity index (χ1v) is 9.85. The van der Waals surface area contributed by atoms with E-state index in [1.807, 2.05) is 58.0 Å². The van der Waals surface area contributed by atoms with Crippen LogP contribution in [-0.2, 0) is 17.8 Å². The maximum atomic E-state index is 12.9. The van der Waals surface area contributed by atoms with Crippen LogP contribution in [0.2, 0.25) is 0 Å². The molecule has 0 fully saturated rings. The van der Waals surface area contributed by atoms with Gasteiger partial charge in [0.15, 0.2) is 5.78 Å². The molecule has 6 nitrogen and oxygen atoms in total. The van der Waals surface area contributed by atoms with Gasteiger partial charge in [0.25, 0.3) is 0 Å². The van der Waals surface area contributed by atoms with E-state index in [1.165, 1.54) is 12.2 Å². The third-order valence-electron chi connectivity index (χ3n) is 4.93. The highest BCUT2D eigenvalue weighted by Gasteiger charge is 2.28. The van der Waals surface area contributed by atoms with E-state index in [1.54, 1.807) is 11.8 Å². The van der Waals surface area contributed by atoms with Gasteiger partial charge in [-0.2, -0.15) is 0 Å². The van der Waals surface area contributed by atoms with Gasteiger partial charge < -0.3 is 4.74 Å². The number of ketones is 2. The molecule has 0 aliphatic heterocycles. The van der Waals surface area contributed by atoms with E-state index in [9.17, 15) is 14.4 Å². The van der Waals surface area contributed by atoms with Crippen LogP contribution >= 0.6 is 0 Å². The molecule has 0 saturated heterocycles. The van der Waals surface area contributed by atoms with Gasteiger partial charge in [-0.25, -0.2) is 9.78 Å². The molecule has 0 saturated carbocycles. The molecular formula is C24H26N2O4. The van der Waals surface area contributed by atoms with Crippen molar-refractivity contribution in [3.63, 3.8) is 0 Å². The molecule has 0 spiro atoms. The molecule has 0 atom stereocenters. The second-order valence-corrected chi connectivity index (χ2v) is 8.42. The average Bonchev–Trinajstić information content (AvgIpc) is 2.67. The fourth-order valence-electron chi connectivity index (χ4n) is 3.30. The number of hydrogen-bond donors (Lipinski definition) is 0. The van der Waals surface area contributed by atoms with Crippen LogP contribution in [-0.4, -0.2) is 33.1 Å². The zero-order valence-corrected chi connectivity index (χ0v) is 18.0. The Hall–Kier alpha value is -3.28. The van der Waals surface area contributed by atoms with E-state index in [0.29, 0.717) is 23.4 Å². The molecule has 3 rings (SSSR count). The van der Waals surface area contributed by atoms with Crippen molar-refractivity contribution in [2.75, 3.05) is 0 Å². The largest absolute Gasteiger partial charge is 0.444 e. The Morgan fingerprint density at radius 2 is 1.60 bits per heavy atom. The Morgan fingerprint density at radius 1 is 0.967 bits per heavy atom. The molecule has 0 bridgehead atoms. The summed E-state index contributed by atoms with van der Waals surface area (Å²) in [7, 11) is 0. The zero-order valence-electron chi connectivity index (χ0n) is 18.0. The molecule has 0 radical (unpaired) electrons. The molecule has 1 aliphatic rings. The molecule has 1 amide bonds. The highest BCUT2D eigenvalue weighted by molar-refractivity contribution is 6.21. The molecule has 0 N–H and O–H groups in total. The van der Waals surface area contributed by atoms with Crippen LogP contribution in [0.25, 0.3) is 0 Å². The second-order valence-electron chi connectivity index (χ2n) is 8.42. The Bertz CT molecular complexity index is 1030. The minimum absolute atomic E-state index is 0.143. The van der Waals surface area contributed by atoms with Crippen molar-refractivity contribution in [1.29, 1.82) is 0 Å². The van der Waals surface area contributed by atoms with Gasteiger partial charge in [0, 0.05) is 6.54 Å². The monoisotopic (exact) mass is 406 g/mol. The lowest BCUT2D eigenvalue weighted by Crippen LogP contribution is -2.36. The molecular weight excluding hydrogens is 380 g/mol. The number of fused-ring (bicyclic) bond motifs is 1. The standard InChI is InChI=1S/C24H26N2O4/c1-15-16(2)21-19(27)11-12-20(28)22(21)25-18(15)14-26(23(29)30-24(3,4)5)13-17-9-7-6-8-10-17/h6-12H,13-14H2,1-5H3. The van der Waals surface area contributed by atoms with Crippen LogP contribution in [0.1, 0.15) is 64.0 Å². The van der Waals surface area contributed by atoms with Gasteiger partial charge in [0.2, 0.25) is 5.78 Å². The fraction of sp³-hybridized carbons (Fsp3) is 0.333. The lowest BCUT2D eigenvalue weighted by atomic mass is 9.92. The van der Waals surface area contributed by atoms with Gasteiger partial charge in [-0.1, -0.05) is 30.3 Å². The molecule has 156 valence electrons. The van der Waals surface area contributed by atoms with Gasteiger partial charge in [0.05, 0.1) is 17.8 Å².